The fourth-order valence-corrected chi connectivity index (χ4v) is 12.1. The molecule has 88 heavy (non-hydrogen) atoms. The third-order valence-electron chi connectivity index (χ3n) is 16.0. The van der Waals surface area contributed by atoms with Crippen LogP contribution in [0.4, 0.5) is 68.2 Å². The van der Waals surface area contributed by atoms with Crippen molar-refractivity contribution >= 4 is 68.2 Å². The van der Waals surface area contributed by atoms with Gasteiger partial charge in [-0.2, -0.15) is 0 Å². The van der Waals surface area contributed by atoms with Gasteiger partial charge in [0.25, 0.3) is 0 Å². The second-order valence-electron chi connectivity index (χ2n) is 21.3. The Morgan fingerprint density at radius 1 is 0.216 bits per heavy atom. The molecule has 12 nitrogen and oxygen atoms in total. The van der Waals surface area contributed by atoms with Crippen molar-refractivity contribution in [2.45, 2.75) is 0 Å². The van der Waals surface area contributed by atoms with Crippen LogP contribution < -0.4 is 19.6 Å². The number of benzene rings is 8. The smallest absolute Gasteiger partial charge is 0.162 e. The molecule has 16 rings (SSSR count). The maximum Gasteiger partial charge on any atom is 0.162 e. The number of pyridine rings is 4. The van der Waals surface area contributed by atoms with Gasteiger partial charge in [-0.15, -0.1) is 0 Å². The van der Waals surface area contributed by atoms with Gasteiger partial charge in [0.15, 0.2) is 11.6 Å². The van der Waals surface area contributed by atoms with E-state index in [9.17, 15) is 0 Å². The predicted octanol–water partition coefficient (Wildman–Crippen LogP) is 19.0. The molecule has 0 spiro atoms. The molecule has 0 radical (unpaired) electrons. The molecule has 0 bridgehead atoms. The van der Waals surface area contributed by atoms with Crippen molar-refractivity contribution in [3.8, 4) is 79.2 Å². The fraction of sp³-hybridized carbons (Fsp3) is 0. The second kappa shape index (κ2) is 22.0. The van der Waals surface area contributed by atoms with Crippen molar-refractivity contribution in [1.29, 1.82) is 0 Å². The molecule has 8 aromatic carbocycles. The van der Waals surface area contributed by atoms with Crippen LogP contribution in [-0.2, 0) is 0 Å². The van der Waals surface area contributed by atoms with E-state index in [1.165, 1.54) is 0 Å². The van der Waals surface area contributed by atoms with Crippen LogP contribution in [0.5, 0.6) is 0 Å². The Morgan fingerprint density at radius 3 is 0.898 bits per heavy atom. The summed E-state index contributed by atoms with van der Waals surface area (Å²) in [6, 6.07) is 92.9. The van der Waals surface area contributed by atoms with Crippen molar-refractivity contribution in [2.24, 2.45) is 0 Å². The normalized spacial score (nSPS) is 12.2. The van der Waals surface area contributed by atoms with Gasteiger partial charge in [0.1, 0.15) is 0 Å². The van der Waals surface area contributed by atoms with Gasteiger partial charge in [0.2, 0.25) is 0 Å². The first kappa shape index (κ1) is 51.4. The van der Waals surface area contributed by atoms with Crippen LogP contribution in [0.15, 0.2) is 304 Å². The van der Waals surface area contributed by atoms with Crippen molar-refractivity contribution in [1.82, 2.24) is 39.9 Å². The summed E-state index contributed by atoms with van der Waals surface area (Å²) in [5.74, 6) is 1.08. The fourth-order valence-electron chi connectivity index (χ4n) is 12.1. The Labute approximate surface area is 508 Å². The van der Waals surface area contributed by atoms with Gasteiger partial charge in [-0.3, -0.25) is 19.9 Å². The van der Waals surface area contributed by atoms with Crippen molar-refractivity contribution < 1.29 is 0 Å². The Balaban J connectivity index is 0.989. The van der Waals surface area contributed by atoms with Crippen LogP contribution in [0.3, 0.4) is 0 Å². The molecule has 0 aliphatic carbocycles. The number of hydrogen-bond donors (Lipinski definition) is 0. The van der Waals surface area contributed by atoms with Gasteiger partial charge >= 0.3 is 0 Å². The summed E-state index contributed by atoms with van der Waals surface area (Å²) in [6.07, 6.45) is 10.7. The predicted molar refractivity (Wildman–Crippen MR) is 353 cm³/mol. The van der Waals surface area contributed by atoms with E-state index in [1.807, 2.05) is 72.8 Å². The standard InChI is InChI=1S/C76H50N12/c1-3-23-55(24-4-1)85-65-29-7-11-33-69(65)87(70-34-12-8-30-66(70)85)73-45-51(61-47-63(59-27-15-17-43-79-59)83-75(81-61)53-21-19-41-77-49-53)37-39-57(73)58-40-38-52(62-48-64(60-28-16-18-44-80-60)84-76(82-62)54-22-20-42-78-50-54)46-74(58)88-71-35-13-9-31-67(71)86(56-25-5-2-6-26-56)68-32-10-14-36-72(68)88/h1-50H. The molecule has 12 heteroatoms. The van der Waals surface area contributed by atoms with Crippen LogP contribution in [0.2, 0.25) is 0 Å². The Morgan fingerprint density at radius 2 is 0.557 bits per heavy atom. The number of para-hydroxylation sites is 10. The highest BCUT2D eigenvalue weighted by molar-refractivity contribution is 6.08. The minimum atomic E-state index is 0.538. The molecule has 8 heterocycles. The molecule has 0 N–H and O–H groups in total. The van der Waals surface area contributed by atoms with Crippen LogP contribution in [0, 0.1) is 0 Å². The van der Waals surface area contributed by atoms with Gasteiger partial charge in [0, 0.05) is 81.9 Å². The van der Waals surface area contributed by atoms with E-state index in [2.05, 4.69) is 224 Å². The zero-order valence-corrected chi connectivity index (χ0v) is 47.2. The average molecular weight is 1130 g/mol. The zero-order valence-electron chi connectivity index (χ0n) is 47.2. The highest BCUT2D eigenvalue weighted by atomic mass is 15.3. The summed E-state index contributed by atoms with van der Waals surface area (Å²) in [5.41, 5.74) is 21.5. The SMILES string of the molecule is c1ccc(N2c3ccccc3N(c3cc(-c4cc(-c5ccccn5)nc(-c5cccnc5)n4)ccc3-c3ccc(-c4cc(-c5ccccn5)nc(-c5cccnc5)n4)cc3N3c4ccccc4N(c4ccccc4)c4ccccc43)c3ccccc32)cc1. The van der Waals surface area contributed by atoms with Crippen molar-refractivity contribution in [2.75, 3.05) is 19.6 Å². The van der Waals surface area contributed by atoms with Gasteiger partial charge < -0.3 is 19.6 Å². The van der Waals surface area contributed by atoms with Crippen molar-refractivity contribution in [3.63, 3.8) is 0 Å². The largest absolute Gasteiger partial charge is 0.306 e. The van der Waals surface area contributed by atoms with E-state index in [1.54, 1.807) is 37.2 Å². The molecule has 414 valence electrons. The van der Waals surface area contributed by atoms with Crippen LogP contribution >= 0.6 is 0 Å². The quantitative estimate of drug-likeness (QED) is 0.123. The molecule has 0 fully saturated rings. The third kappa shape index (κ3) is 9.21. The van der Waals surface area contributed by atoms with E-state index in [0.717, 1.165) is 124 Å². The maximum atomic E-state index is 5.37. The first-order valence-corrected chi connectivity index (χ1v) is 29.0. The van der Waals surface area contributed by atoms with Gasteiger partial charge in [-0.25, -0.2) is 19.9 Å². The van der Waals surface area contributed by atoms with Crippen molar-refractivity contribution in [3.05, 3.63) is 304 Å². The molecule has 0 amide bonds. The Hall–Kier alpha value is -12.3. The summed E-state index contributed by atoms with van der Waals surface area (Å²) in [6.45, 7) is 0. The molecule has 0 saturated heterocycles. The van der Waals surface area contributed by atoms with Gasteiger partial charge in [-0.05, 0) is 146 Å². The molecule has 0 unspecified atom stereocenters. The Bertz CT molecular complexity index is 4360. The molecule has 6 aromatic heterocycles. The lowest BCUT2D eigenvalue weighted by Gasteiger charge is -2.42. The van der Waals surface area contributed by atoms with E-state index in [-0.39, 0.29) is 0 Å². The maximum absolute atomic E-state index is 5.37. The first-order chi connectivity index (χ1) is 43.7. The van der Waals surface area contributed by atoms with Crippen LogP contribution in [0.25, 0.3) is 79.2 Å². The summed E-state index contributed by atoms with van der Waals surface area (Å²) < 4.78 is 0. The number of fused-ring (bicyclic) bond motifs is 4. The van der Waals surface area contributed by atoms with Gasteiger partial charge in [0.05, 0.1) is 91.0 Å². The Kier molecular flexibility index (Phi) is 12.9. The monoisotopic (exact) mass is 1130 g/mol. The highest BCUT2D eigenvalue weighted by Crippen LogP contribution is 2.59. The first-order valence-electron chi connectivity index (χ1n) is 29.0. The second-order valence-corrected chi connectivity index (χ2v) is 21.3. The molecule has 0 saturated carbocycles. The minimum Gasteiger partial charge on any atom is -0.306 e. The average Bonchev–Trinajstić information content (AvgIpc) is 0.839. The lowest BCUT2D eigenvalue weighted by molar-refractivity contribution is 1.15. The molecule has 14 aromatic rings. The highest BCUT2D eigenvalue weighted by Gasteiger charge is 2.35. The number of anilines is 12. The third-order valence-corrected chi connectivity index (χ3v) is 16.0. The van der Waals surface area contributed by atoms with E-state index < -0.39 is 0 Å². The minimum absolute atomic E-state index is 0.538. The molecule has 2 aliphatic heterocycles. The van der Waals surface area contributed by atoms with Crippen LogP contribution in [-0.4, -0.2) is 39.9 Å². The summed E-state index contributed by atoms with van der Waals surface area (Å²) >= 11 is 0. The topological polar surface area (TPSA) is 116 Å². The number of hydrogen-bond acceptors (Lipinski definition) is 12. The molecular weight excluding hydrogens is 1080 g/mol. The lowest BCUT2D eigenvalue weighted by Crippen LogP contribution is -2.25. The number of aromatic nitrogens is 8. The molecule has 0 atom stereocenters. The summed E-state index contributed by atoms with van der Waals surface area (Å²) in [4.78, 5) is 49.1. The summed E-state index contributed by atoms with van der Waals surface area (Å²) in [5, 5.41) is 0. The number of rotatable bonds is 11. The lowest BCUT2D eigenvalue weighted by atomic mass is 9.93. The summed E-state index contributed by atoms with van der Waals surface area (Å²) in [7, 11) is 0. The van der Waals surface area contributed by atoms with E-state index in [4.69, 9.17) is 29.9 Å². The number of nitrogens with zero attached hydrogens (tertiary/aromatic N) is 12. The zero-order chi connectivity index (χ0) is 58.3. The van der Waals surface area contributed by atoms with Crippen LogP contribution in [0.1, 0.15) is 0 Å². The van der Waals surface area contributed by atoms with E-state index >= 15 is 0 Å². The van der Waals surface area contributed by atoms with Gasteiger partial charge in [-0.1, -0.05) is 121 Å². The van der Waals surface area contributed by atoms with E-state index in [0.29, 0.717) is 23.0 Å². The molecule has 2 aliphatic rings. The molecular formula is C76H50N12.